The minimum atomic E-state index is -0.985. The molecule has 0 aromatic carbocycles. The second-order valence-corrected chi connectivity index (χ2v) is 5.15. The molecular formula is C11H9BrN2O2S. The van der Waals surface area contributed by atoms with Gasteiger partial charge in [0, 0.05) is 9.85 Å². The lowest BCUT2D eigenvalue weighted by atomic mass is 10.3. The first-order valence-corrected chi connectivity index (χ1v) is 6.45. The molecule has 0 aliphatic heterocycles. The van der Waals surface area contributed by atoms with Crippen molar-refractivity contribution in [3.63, 3.8) is 0 Å². The minimum absolute atomic E-state index is 0.171. The maximum Gasteiger partial charge on any atom is 0.354 e. The molecule has 2 aromatic rings. The average Bonchev–Trinajstić information content (AvgIpc) is 2.85. The molecule has 0 unspecified atom stereocenters. The number of carboxylic acids is 1. The number of aromatic carboxylic acids is 1. The molecule has 0 saturated carbocycles. The lowest BCUT2D eigenvalue weighted by Crippen LogP contribution is -2.08. The van der Waals surface area contributed by atoms with Crippen molar-refractivity contribution in [2.75, 3.05) is 0 Å². The molecule has 88 valence electrons. The monoisotopic (exact) mass is 312 g/mol. The molecule has 0 spiro atoms. The van der Waals surface area contributed by atoms with Crippen molar-refractivity contribution in [2.24, 2.45) is 0 Å². The van der Waals surface area contributed by atoms with Gasteiger partial charge in [-0.1, -0.05) is 6.08 Å². The first-order valence-electron chi connectivity index (χ1n) is 4.78. The van der Waals surface area contributed by atoms with Crippen molar-refractivity contribution >= 4 is 33.2 Å². The Bertz CT molecular complexity index is 574. The average molecular weight is 313 g/mol. The van der Waals surface area contributed by atoms with E-state index in [0.29, 0.717) is 12.2 Å². The third kappa shape index (κ3) is 2.48. The molecule has 17 heavy (non-hydrogen) atoms. The molecule has 2 aromatic heterocycles. The number of hydrogen-bond donors (Lipinski definition) is 1. The molecular weight excluding hydrogens is 304 g/mol. The maximum atomic E-state index is 11.0. The van der Waals surface area contributed by atoms with Crippen LogP contribution in [0.15, 0.2) is 34.6 Å². The van der Waals surface area contributed by atoms with E-state index >= 15 is 0 Å². The summed E-state index contributed by atoms with van der Waals surface area (Å²) >= 11 is 4.87. The fraction of sp³-hybridized carbons (Fsp3) is 0.0909. The summed E-state index contributed by atoms with van der Waals surface area (Å²) in [6.07, 6.45) is 1.62. The number of carboxylic acid groups (broad SMARTS) is 1. The molecule has 0 atom stereocenters. The molecule has 0 aliphatic carbocycles. The van der Waals surface area contributed by atoms with E-state index in [1.807, 2.05) is 11.4 Å². The fourth-order valence-corrected chi connectivity index (χ4v) is 2.80. The molecule has 0 saturated heterocycles. The zero-order valence-electron chi connectivity index (χ0n) is 8.76. The van der Waals surface area contributed by atoms with E-state index in [2.05, 4.69) is 27.6 Å². The van der Waals surface area contributed by atoms with Gasteiger partial charge in [0.1, 0.15) is 11.4 Å². The topological polar surface area (TPSA) is 55.1 Å². The van der Waals surface area contributed by atoms with E-state index < -0.39 is 5.97 Å². The summed E-state index contributed by atoms with van der Waals surface area (Å²) in [5, 5.41) is 15.2. The van der Waals surface area contributed by atoms with Crippen molar-refractivity contribution in [3.8, 4) is 10.6 Å². The van der Waals surface area contributed by atoms with Gasteiger partial charge >= 0.3 is 5.97 Å². The van der Waals surface area contributed by atoms with Crippen LogP contribution in [-0.2, 0) is 6.54 Å². The molecule has 1 N–H and O–H groups in total. The second-order valence-electron chi connectivity index (χ2n) is 3.32. The number of hydrogen-bond acceptors (Lipinski definition) is 3. The van der Waals surface area contributed by atoms with Crippen LogP contribution in [0.1, 0.15) is 10.5 Å². The minimum Gasteiger partial charge on any atom is -0.477 e. The number of nitrogens with zero attached hydrogens (tertiary/aromatic N) is 2. The molecule has 0 bridgehead atoms. The van der Waals surface area contributed by atoms with Gasteiger partial charge in [0.2, 0.25) is 0 Å². The number of allylic oxidation sites excluding steroid dienone is 1. The molecule has 0 aliphatic rings. The predicted molar refractivity (Wildman–Crippen MR) is 70.4 cm³/mol. The van der Waals surface area contributed by atoms with Gasteiger partial charge in [0.25, 0.3) is 0 Å². The summed E-state index contributed by atoms with van der Waals surface area (Å²) in [7, 11) is 0. The van der Waals surface area contributed by atoms with Crippen LogP contribution in [0.25, 0.3) is 10.6 Å². The van der Waals surface area contributed by atoms with Gasteiger partial charge in [-0.25, -0.2) is 4.79 Å². The summed E-state index contributed by atoms with van der Waals surface area (Å²) < 4.78 is 2.39. The van der Waals surface area contributed by atoms with Crippen LogP contribution in [-0.4, -0.2) is 20.9 Å². The van der Waals surface area contributed by atoms with Crippen molar-refractivity contribution < 1.29 is 9.90 Å². The maximum absolute atomic E-state index is 11.0. The van der Waals surface area contributed by atoms with Crippen LogP contribution in [0.3, 0.4) is 0 Å². The largest absolute Gasteiger partial charge is 0.477 e. The van der Waals surface area contributed by atoms with E-state index in [-0.39, 0.29) is 5.69 Å². The summed E-state index contributed by atoms with van der Waals surface area (Å²) in [5.41, 5.74) is 0.837. The Balaban J connectivity index is 2.46. The lowest BCUT2D eigenvalue weighted by molar-refractivity contribution is 0.0684. The van der Waals surface area contributed by atoms with Crippen LogP contribution in [0.4, 0.5) is 0 Å². The third-order valence-electron chi connectivity index (χ3n) is 2.12. The first kappa shape index (κ1) is 12.1. The quantitative estimate of drug-likeness (QED) is 0.882. The second kappa shape index (κ2) is 4.85. The zero-order valence-corrected chi connectivity index (χ0v) is 11.2. The molecule has 4 nitrogen and oxygen atoms in total. The Kier molecular flexibility index (Phi) is 3.44. The molecule has 2 heterocycles. The van der Waals surface area contributed by atoms with Crippen molar-refractivity contribution in [1.29, 1.82) is 0 Å². The summed E-state index contributed by atoms with van der Waals surface area (Å²) in [6.45, 7) is 3.97. The van der Waals surface area contributed by atoms with Crippen LogP contribution in [0, 0.1) is 0 Å². The van der Waals surface area contributed by atoms with Gasteiger partial charge in [-0.05, 0) is 28.1 Å². The van der Waals surface area contributed by atoms with E-state index in [0.717, 1.165) is 9.35 Å². The van der Waals surface area contributed by atoms with Crippen molar-refractivity contribution in [2.45, 2.75) is 6.54 Å². The van der Waals surface area contributed by atoms with Gasteiger partial charge in [-0.2, -0.15) is 5.10 Å². The number of halogens is 1. The Morgan fingerprint density at radius 1 is 1.65 bits per heavy atom. The molecule has 6 heteroatoms. The highest BCUT2D eigenvalue weighted by Gasteiger charge is 2.15. The summed E-state index contributed by atoms with van der Waals surface area (Å²) in [5.74, 6) is -0.985. The van der Waals surface area contributed by atoms with E-state index in [4.69, 9.17) is 5.11 Å². The van der Waals surface area contributed by atoms with Gasteiger partial charge in [0.15, 0.2) is 0 Å². The Labute approximate surface area is 110 Å². The molecule has 0 fully saturated rings. The van der Waals surface area contributed by atoms with Gasteiger partial charge < -0.3 is 5.11 Å². The lowest BCUT2D eigenvalue weighted by Gasteiger charge is -1.98. The molecule has 0 radical (unpaired) electrons. The van der Waals surface area contributed by atoms with Crippen molar-refractivity contribution in [1.82, 2.24) is 9.78 Å². The standard InChI is InChI=1S/C11H9BrN2O2S/c1-2-3-14-9(11(15)16)5-8(13-14)10-4-7(12)6-17-10/h2,4-6H,1,3H2,(H,15,16). The van der Waals surface area contributed by atoms with Crippen LogP contribution in [0.5, 0.6) is 0 Å². The van der Waals surface area contributed by atoms with Crippen LogP contribution in [0.2, 0.25) is 0 Å². The normalized spacial score (nSPS) is 10.4. The van der Waals surface area contributed by atoms with E-state index in [1.165, 1.54) is 16.0 Å². The highest BCUT2D eigenvalue weighted by Crippen LogP contribution is 2.29. The predicted octanol–water partition coefficient (Wildman–Crippen LogP) is 3.26. The fourth-order valence-electron chi connectivity index (χ4n) is 1.42. The van der Waals surface area contributed by atoms with Crippen LogP contribution >= 0.6 is 27.3 Å². The van der Waals surface area contributed by atoms with Crippen molar-refractivity contribution in [3.05, 3.63) is 40.3 Å². The number of thiophene rings is 1. The Morgan fingerprint density at radius 2 is 2.41 bits per heavy atom. The highest BCUT2D eigenvalue weighted by atomic mass is 79.9. The van der Waals surface area contributed by atoms with E-state index in [1.54, 1.807) is 12.1 Å². The SMILES string of the molecule is C=CCn1nc(-c2cc(Br)cs2)cc1C(=O)O. The van der Waals surface area contributed by atoms with Gasteiger partial charge in [0.05, 0.1) is 11.4 Å². The summed E-state index contributed by atoms with van der Waals surface area (Å²) in [6, 6.07) is 3.49. The summed E-state index contributed by atoms with van der Waals surface area (Å²) in [4.78, 5) is 12.0. The third-order valence-corrected chi connectivity index (χ3v) is 3.83. The Hall–Kier alpha value is -1.40. The molecule has 2 rings (SSSR count). The van der Waals surface area contributed by atoms with Gasteiger partial charge in [-0.3, -0.25) is 4.68 Å². The molecule has 0 amide bonds. The van der Waals surface area contributed by atoms with E-state index in [9.17, 15) is 4.79 Å². The number of rotatable bonds is 4. The van der Waals surface area contributed by atoms with Gasteiger partial charge in [-0.15, -0.1) is 17.9 Å². The zero-order chi connectivity index (χ0) is 12.4. The number of aromatic nitrogens is 2. The smallest absolute Gasteiger partial charge is 0.354 e. The Morgan fingerprint density at radius 3 is 2.94 bits per heavy atom. The first-order chi connectivity index (χ1) is 8.11. The number of carbonyl (C=O) groups is 1. The van der Waals surface area contributed by atoms with Crippen LogP contribution < -0.4 is 0 Å². The highest BCUT2D eigenvalue weighted by molar-refractivity contribution is 9.10.